The summed E-state index contributed by atoms with van der Waals surface area (Å²) in [5.41, 5.74) is 1.29. The van der Waals surface area contributed by atoms with Crippen molar-refractivity contribution in [1.82, 2.24) is 9.80 Å². The Kier molecular flexibility index (Phi) is 6.61. The highest BCUT2D eigenvalue weighted by Crippen LogP contribution is 2.23. The molecule has 1 amide bonds. The lowest BCUT2D eigenvalue weighted by Gasteiger charge is -2.31. The van der Waals surface area contributed by atoms with Crippen LogP contribution in [0.3, 0.4) is 0 Å². The topological polar surface area (TPSA) is 43.8 Å². The zero-order valence-corrected chi connectivity index (χ0v) is 14.3. The summed E-state index contributed by atoms with van der Waals surface area (Å²) in [4.78, 5) is 16.2. The lowest BCUT2D eigenvalue weighted by Crippen LogP contribution is -2.41. The number of carbonyl (C=O) groups excluding carboxylic acids is 1. The van der Waals surface area contributed by atoms with Crippen molar-refractivity contribution in [3.63, 3.8) is 0 Å². The monoisotopic (exact) mass is 348 g/mol. The van der Waals surface area contributed by atoms with Crippen LogP contribution in [-0.4, -0.2) is 48.1 Å². The van der Waals surface area contributed by atoms with Gasteiger partial charge in [-0.05, 0) is 49.5 Å². The normalized spacial score (nSPS) is 12.2. The van der Waals surface area contributed by atoms with Gasteiger partial charge in [-0.1, -0.05) is 24.3 Å². The van der Waals surface area contributed by atoms with Gasteiger partial charge in [-0.2, -0.15) is 0 Å². The molecule has 2 aromatic carbocycles. The van der Waals surface area contributed by atoms with Gasteiger partial charge in [0.05, 0.1) is 6.61 Å². The molecule has 0 aromatic heterocycles. The van der Waals surface area contributed by atoms with Crippen molar-refractivity contribution in [3.05, 3.63) is 71.3 Å². The summed E-state index contributed by atoms with van der Waals surface area (Å²) in [6.07, 6.45) is 0. The quantitative estimate of drug-likeness (QED) is 0.836. The second-order valence-electron chi connectivity index (χ2n) is 6.03. The molecule has 1 atom stereocenters. The maximum atomic E-state index is 13.6. The van der Waals surface area contributed by atoms with Gasteiger partial charge in [0.25, 0.3) is 0 Å². The van der Waals surface area contributed by atoms with Crippen LogP contribution in [0.15, 0.2) is 48.5 Å². The van der Waals surface area contributed by atoms with Crippen LogP contribution in [0.4, 0.5) is 8.78 Å². The zero-order chi connectivity index (χ0) is 18.4. The Morgan fingerprint density at radius 2 is 1.76 bits per heavy atom. The number of nitrogens with zero attached hydrogens (tertiary/aromatic N) is 2. The summed E-state index contributed by atoms with van der Waals surface area (Å²) in [6, 6.07) is 11.1. The van der Waals surface area contributed by atoms with E-state index in [4.69, 9.17) is 0 Å². The first-order chi connectivity index (χ1) is 11.9. The molecule has 0 heterocycles. The average Bonchev–Trinajstić information content (AvgIpc) is 2.56. The highest BCUT2D eigenvalue weighted by molar-refractivity contribution is 5.83. The Hall–Kier alpha value is -2.31. The maximum absolute atomic E-state index is 13.6. The van der Waals surface area contributed by atoms with Gasteiger partial charge in [0.1, 0.15) is 17.7 Å². The lowest BCUT2D eigenvalue weighted by molar-refractivity contribution is -0.137. The van der Waals surface area contributed by atoms with Gasteiger partial charge >= 0.3 is 0 Å². The first-order valence-electron chi connectivity index (χ1n) is 7.98. The summed E-state index contributed by atoms with van der Waals surface area (Å²) in [5, 5.41) is 9.32. The van der Waals surface area contributed by atoms with E-state index in [1.54, 1.807) is 43.3 Å². The third-order valence-corrected chi connectivity index (χ3v) is 3.88. The number of aliphatic hydroxyl groups is 1. The molecule has 134 valence electrons. The molecule has 0 radical (unpaired) electrons. The van der Waals surface area contributed by atoms with Gasteiger partial charge in [0.2, 0.25) is 5.91 Å². The predicted octanol–water partition coefficient (Wildman–Crippen LogP) is 2.59. The molecule has 0 saturated heterocycles. The van der Waals surface area contributed by atoms with E-state index in [1.165, 1.54) is 29.2 Å². The number of halogens is 2. The van der Waals surface area contributed by atoms with Crippen LogP contribution >= 0.6 is 0 Å². The van der Waals surface area contributed by atoms with E-state index in [1.807, 2.05) is 0 Å². The molecule has 0 unspecified atom stereocenters. The standard InChI is InChI=1S/C19H22F2N2O2/c1-22(2)18(15-4-3-5-17(21)12-15)19(25)23(10-11-24)13-14-6-8-16(20)9-7-14/h3-9,12,18,24H,10-11,13H2,1-2H3/t18-/m0/s1. The SMILES string of the molecule is CN(C)[C@H](C(=O)N(CCO)Cc1ccc(F)cc1)c1cccc(F)c1. The third kappa shape index (κ3) is 5.08. The van der Waals surface area contributed by atoms with E-state index in [9.17, 15) is 18.7 Å². The van der Waals surface area contributed by atoms with E-state index in [2.05, 4.69) is 0 Å². The van der Waals surface area contributed by atoms with Crippen LogP contribution in [0, 0.1) is 11.6 Å². The lowest BCUT2D eigenvalue weighted by atomic mass is 10.0. The molecule has 6 heteroatoms. The fourth-order valence-electron chi connectivity index (χ4n) is 2.71. The molecule has 2 aromatic rings. The fraction of sp³-hybridized carbons (Fsp3) is 0.316. The highest BCUT2D eigenvalue weighted by atomic mass is 19.1. The summed E-state index contributed by atoms with van der Waals surface area (Å²) >= 11 is 0. The number of benzene rings is 2. The number of aliphatic hydroxyl groups excluding tert-OH is 1. The molecule has 0 bridgehead atoms. The number of hydrogen-bond donors (Lipinski definition) is 1. The molecule has 0 saturated carbocycles. The third-order valence-electron chi connectivity index (χ3n) is 3.88. The number of carbonyl (C=O) groups is 1. The minimum atomic E-state index is -0.678. The Morgan fingerprint density at radius 1 is 1.08 bits per heavy atom. The molecule has 0 aliphatic rings. The summed E-state index contributed by atoms with van der Waals surface area (Å²) < 4.78 is 26.6. The van der Waals surface area contributed by atoms with Crippen molar-refractivity contribution < 1.29 is 18.7 Å². The molecule has 2 rings (SSSR count). The minimum absolute atomic E-state index is 0.135. The summed E-state index contributed by atoms with van der Waals surface area (Å²) in [5.74, 6) is -1.02. The Balaban J connectivity index is 2.27. The highest BCUT2D eigenvalue weighted by Gasteiger charge is 2.28. The van der Waals surface area contributed by atoms with Crippen molar-refractivity contribution >= 4 is 5.91 Å². The van der Waals surface area contributed by atoms with Crippen molar-refractivity contribution in [3.8, 4) is 0 Å². The van der Waals surface area contributed by atoms with Gasteiger partial charge in [0.15, 0.2) is 0 Å². The van der Waals surface area contributed by atoms with Crippen LogP contribution in [-0.2, 0) is 11.3 Å². The van der Waals surface area contributed by atoms with E-state index >= 15 is 0 Å². The van der Waals surface area contributed by atoms with Gasteiger partial charge < -0.3 is 10.0 Å². The van der Waals surface area contributed by atoms with Crippen molar-refractivity contribution in [1.29, 1.82) is 0 Å². The smallest absolute Gasteiger partial charge is 0.244 e. The van der Waals surface area contributed by atoms with Crippen LogP contribution < -0.4 is 0 Å². The summed E-state index contributed by atoms with van der Waals surface area (Å²) in [7, 11) is 3.48. The Bertz CT molecular complexity index is 705. The molecule has 0 spiro atoms. The van der Waals surface area contributed by atoms with E-state index in [0.29, 0.717) is 5.56 Å². The first kappa shape index (κ1) is 19.0. The maximum Gasteiger partial charge on any atom is 0.244 e. The van der Waals surface area contributed by atoms with Crippen LogP contribution in [0.2, 0.25) is 0 Å². The van der Waals surface area contributed by atoms with E-state index in [0.717, 1.165) is 5.56 Å². The van der Waals surface area contributed by atoms with Gasteiger partial charge in [-0.15, -0.1) is 0 Å². The number of likely N-dealkylation sites (N-methyl/N-ethyl adjacent to an activating group) is 1. The average molecular weight is 348 g/mol. The molecular weight excluding hydrogens is 326 g/mol. The second-order valence-corrected chi connectivity index (χ2v) is 6.03. The molecule has 0 aliphatic carbocycles. The van der Waals surface area contributed by atoms with Crippen LogP contribution in [0.1, 0.15) is 17.2 Å². The van der Waals surface area contributed by atoms with E-state index in [-0.39, 0.29) is 31.4 Å². The van der Waals surface area contributed by atoms with Crippen molar-refractivity contribution in [2.45, 2.75) is 12.6 Å². The second kappa shape index (κ2) is 8.69. The van der Waals surface area contributed by atoms with Gasteiger partial charge in [-0.3, -0.25) is 9.69 Å². The van der Waals surface area contributed by atoms with Gasteiger partial charge in [0, 0.05) is 13.1 Å². The number of amides is 1. The Labute approximate surface area is 146 Å². The number of rotatable bonds is 7. The predicted molar refractivity (Wildman–Crippen MR) is 91.7 cm³/mol. The number of hydrogen-bond acceptors (Lipinski definition) is 3. The molecular formula is C19H22F2N2O2. The molecule has 25 heavy (non-hydrogen) atoms. The van der Waals surface area contributed by atoms with Crippen molar-refractivity contribution in [2.24, 2.45) is 0 Å². The van der Waals surface area contributed by atoms with Crippen molar-refractivity contribution in [2.75, 3.05) is 27.2 Å². The molecule has 1 N–H and O–H groups in total. The summed E-state index contributed by atoms with van der Waals surface area (Å²) in [6.45, 7) is 0.172. The molecule has 0 aliphatic heterocycles. The molecule has 4 nitrogen and oxygen atoms in total. The zero-order valence-electron chi connectivity index (χ0n) is 14.3. The molecule has 0 fully saturated rings. The van der Waals surface area contributed by atoms with Crippen LogP contribution in [0.5, 0.6) is 0 Å². The first-order valence-corrected chi connectivity index (χ1v) is 7.98. The fourth-order valence-corrected chi connectivity index (χ4v) is 2.71. The van der Waals surface area contributed by atoms with Crippen LogP contribution in [0.25, 0.3) is 0 Å². The minimum Gasteiger partial charge on any atom is -0.395 e. The Morgan fingerprint density at radius 3 is 2.32 bits per heavy atom. The van der Waals surface area contributed by atoms with E-state index < -0.39 is 11.9 Å². The van der Waals surface area contributed by atoms with Gasteiger partial charge in [-0.25, -0.2) is 8.78 Å². The largest absolute Gasteiger partial charge is 0.395 e.